The third-order valence-corrected chi connectivity index (χ3v) is 5.18. The molecule has 0 aliphatic heterocycles. The van der Waals surface area contributed by atoms with E-state index in [4.69, 9.17) is 11.6 Å². The molecule has 1 N–H and O–H groups in total. The average Bonchev–Trinajstić information content (AvgIpc) is 2.71. The zero-order valence-corrected chi connectivity index (χ0v) is 17.7. The second kappa shape index (κ2) is 11.6. The lowest BCUT2D eigenvalue weighted by molar-refractivity contribution is -0.141. The quantitative estimate of drug-likeness (QED) is 0.566. The van der Waals surface area contributed by atoms with E-state index in [9.17, 15) is 14.0 Å². The highest BCUT2D eigenvalue weighted by molar-refractivity contribution is 6.31. The maximum Gasteiger partial charge on any atom is 0.242 e. The molecule has 29 heavy (non-hydrogen) atoms. The summed E-state index contributed by atoms with van der Waals surface area (Å²) in [7, 11) is 0. The van der Waals surface area contributed by atoms with Gasteiger partial charge in [0.1, 0.15) is 11.9 Å². The van der Waals surface area contributed by atoms with E-state index < -0.39 is 11.9 Å². The predicted molar refractivity (Wildman–Crippen MR) is 114 cm³/mol. The molecule has 0 fully saturated rings. The Morgan fingerprint density at radius 2 is 1.72 bits per heavy atom. The SMILES string of the molecule is CCCCNC(=O)C(CC)N(Cc1ccccc1Cl)C(=O)Cc1ccccc1F. The molecule has 6 heteroatoms. The van der Waals surface area contributed by atoms with Gasteiger partial charge in [0.25, 0.3) is 0 Å². The Labute approximate surface area is 177 Å². The first-order valence-electron chi connectivity index (χ1n) is 10.0. The lowest BCUT2D eigenvalue weighted by Crippen LogP contribution is -2.49. The third-order valence-electron chi connectivity index (χ3n) is 4.81. The summed E-state index contributed by atoms with van der Waals surface area (Å²) in [4.78, 5) is 27.4. The molecule has 0 aliphatic rings. The van der Waals surface area contributed by atoms with Gasteiger partial charge in [-0.15, -0.1) is 0 Å². The van der Waals surface area contributed by atoms with Crippen LogP contribution in [0.25, 0.3) is 0 Å². The van der Waals surface area contributed by atoms with E-state index >= 15 is 0 Å². The van der Waals surface area contributed by atoms with Crippen LogP contribution >= 0.6 is 11.6 Å². The smallest absolute Gasteiger partial charge is 0.242 e. The van der Waals surface area contributed by atoms with Crippen LogP contribution < -0.4 is 5.32 Å². The Bertz CT molecular complexity index is 828. The number of hydrogen-bond acceptors (Lipinski definition) is 2. The molecule has 1 atom stereocenters. The van der Waals surface area contributed by atoms with E-state index in [-0.39, 0.29) is 24.8 Å². The summed E-state index contributed by atoms with van der Waals surface area (Å²) < 4.78 is 14.1. The van der Waals surface area contributed by atoms with Gasteiger partial charge in [-0.2, -0.15) is 0 Å². The molecule has 2 aromatic rings. The van der Waals surface area contributed by atoms with Crippen molar-refractivity contribution >= 4 is 23.4 Å². The zero-order valence-electron chi connectivity index (χ0n) is 17.0. The number of hydrogen-bond donors (Lipinski definition) is 1. The number of amides is 2. The summed E-state index contributed by atoms with van der Waals surface area (Å²) in [5.41, 5.74) is 1.05. The van der Waals surface area contributed by atoms with Crippen molar-refractivity contribution in [3.8, 4) is 0 Å². The van der Waals surface area contributed by atoms with Crippen molar-refractivity contribution in [3.05, 3.63) is 70.5 Å². The van der Waals surface area contributed by atoms with E-state index in [1.165, 1.54) is 11.0 Å². The van der Waals surface area contributed by atoms with Gasteiger partial charge >= 0.3 is 0 Å². The highest BCUT2D eigenvalue weighted by Crippen LogP contribution is 2.21. The van der Waals surface area contributed by atoms with Crippen molar-refractivity contribution < 1.29 is 14.0 Å². The van der Waals surface area contributed by atoms with E-state index in [1.807, 2.05) is 32.0 Å². The number of carbonyl (C=O) groups excluding carboxylic acids is 2. The minimum atomic E-state index is -0.651. The van der Waals surface area contributed by atoms with Gasteiger partial charge < -0.3 is 10.2 Å². The molecule has 1 unspecified atom stereocenters. The van der Waals surface area contributed by atoms with E-state index in [0.717, 1.165) is 18.4 Å². The molecule has 0 saturated carbocycles. The molecular formula is C23H28ClFN2O2. The van der Waals surface area contributed by atoms with Crippen LogP contribution in [0.2, 0.25) is 5.02 Å². The van der Waals surface area contributed by atoms with Gasteiger partial charge in [0.05, 0.1) is 6.42 Å². The largest absolute Gasteiger partial charge is 0.354 e. The molecule has 0 saturated heterocycles. The number of benzene rings is 2. The maximum atomic E-state index is 14.1. The molecule has 2 rings (SSSR count). The van der Waals surface area contributed by atoms with Gasteiger partial charge in [-0.25, -0.2) is 4.39 Å². The van der Waals surface area contributed by atoms with Crippen LogP contribution in [0.1, 0.15) is 44.2 Å². The fourth-order valence-corrected chi connectivity index (χ4v) is 3.34. The van der Waals surface area contributed by atoms with Crippen LogP contribution in [0.4, 0.5) is 4.39 Å². The highest BCUT2D eigenvalue weighted by Gasteiger charge is 2.29. The normalized spacial score (nSPS) is 11.7. The van der Waals surface area contributed by atoms with E-state index in [0.29, 0.717) is 23.6 Å². The van der Waals surface area contributed by atoms with Crippen LogP contribution in [0.5, 0.6) is 0 Å². The minimum Gasteiger partial charge on any atom is -0.354 e. The molecule has 0 spiro atoms. The minimum absolute atomic E-state index is 0.115. The Kier molecular flexibility index (Phi) is 9.13. The molecule has 0 radical (unpaired) electrons. The van der Waals surface area contributed by atoms with Crippen molar-refractivity contribution in [2.24, 2.45) is 0 Å². The van der Waals surface area contributed by atoms with Crippen molar-refractivity contribution in [2.75, 3.05) is 6.54 Å². The first kappa shape index (κ1) is 22.9. The molecule has 4 nitrogen and oxygen atoms in total. The van der Waals surface area contributed by atoms with Gasteiger partial charge in [0, 0.05) is 18.1 Å². The molecule has 0 aromatic heterocycles. The standard InChI is InChI=1S/C23H28ClFN2O2/c1-3-5-14-26-23(29)21(4-2)27(16-18-11-6-8-12-19(18)24)22(28)15-17-10-7-9-13-20(17)25/h6-13,21H,3-5,14-16H2,1-2H3,(H,26,29). The summed E-state index contributed by atoms with van der Waals surface area (Å²) in [6, 6.07) is 12.8. The van der Waals surface area contributed by atoms with E-state index in [1.54, 1.807) is 24.3 Å². The predicted octanol–water partition coefficient (Wildman–Crippen LogP) is 4.75. The van der Waals surface area contributed by atoms with Crippen LogP contribution in [-0.2, 0) is 22.6 Å². The number of carbonyl (C=O) groups is 2. The third kappa shape index (κ3) is 6.57. The molecule has 156 valence electrons. The Morgan fingerprint density at radius 3 is 2.34 bits per heavy atom. The van der Waals surface area contributed by atoms with Gasteiger partial charge in [0.15, 0.2) is 0 Å². The zero-order chi connectivity index (χ0) is 21.2. The number of rotatable bonds is 10. The van der Waals surface area contributed by atoms with Gasteiger partial charge in [-0.05, 0) is 36.1 Å². The van der Waals surface area contributed by atoms with Crippen LogP contribution in [-0.4, -0.2) is 29.3 Å². The monoisotopic (exact) mass is 418 g/mol. The molecule has 2 amide bonds. The summed E-state index contributed by atoms with van der Waals surface area (Å²) >= 11 is 6.29. The van der Waals surface area contributed by atoms with Crippen LogP contribution in [0, 0.1) is 5.82 Å². The van der Waals surface area contributed by atoms with E-state index in [2.05, 4.69) is 5.32 Å². The lowest BCUT2D eigenvalue weighted by atomic mass is 10.1. The Balaban J connectivity index is 2.28. The van der Waals surface area contributed by atoms with Crippen LogP contribution in [0.3, 0.4) is 0 Å². The second-order valence-electron chi connectivity index (χ2n) is 6.95. The maximum absolute atomic E-state index is 14.1. The average molecular weight is 419 g/mol. The Hall–Kier alpha value is -2.40. The summed E-state index contributed by atoms with van der Waals surface area (Å²) in [6.07, 6.45) is 2.17. The molecular weight excluding hydrogens is 391 g/mol. The molecule has 0 heterocycles. The molecule has 0 aliphatic carbocycles. The second-order valence-corrected chi connectivity index (χ2v) is 7.36. The topological polar surface area (TPSA) is 49.4 Å². The Morgan fingerprint density at radius 1 is 1.07 bits per heavy atom. The number of unbranched alkanes of at least 4 members (excludes halogenated alkanes) is 1. The number of nitrogens with one attached hydrogen (secondary N) is 1. The summed E-state index contributed by atoms with van der Waals surface area (Å²) in [5, 5.41) is 3.43. The fourth-order valence-electron chi connectivity index (χ4n) is 3.14. The summed E-state index contributed by atoms with van der Waals surface area (Å²) in [5.74, 6) is -0.943. The van der Waals surface area contributed by atoms with Crippen molar-refractivity contribution in [2.45, 2.75) is 52.1 Å². The molecule has 2 aromatic carbocycles. The van der Waals surface area contributed by atoms with Gasteiger partial charge in [-0.1, -0.05) is 68.3 Å². The fraction of sp³-hybridized carbons (Fsp3) is 0.391. The molecule has 0 bridgehead atoms. The first-order chi connectivity index (χ1) is 14.0. The van der Waals surface area contributed by atoms with Crippen molar-refractivity contribution in [1.29, 1.82) is 0 Å². The first-order valence-corrected chi connectivity index (χ1v) is 10.4. The van der Waals surface area contributed by atoms with Crippen molar-refractivity contribution in [1.82, 2.24) is 10.2 Å². The number of nitrogens with zero attached hydrogens (tertiary/aromatic N) is 1. The van der Waals surface area contributed by atoms with Gasteiger partial charge in [0.2, 0.25) is 11.8 Å². The van der Waals surface area contributed by atoms with Crippen molar-refractivity contribution in [3.63, 3.8) is 0 Å². The van der Waals surface area contributed by atoms with Crippen LogP contribution in [0.15, 0.2) is 48.5 Å². The lowest BCUT2D eigenvalue weighted by Gasteiger charge is -2.31. The number of halogens is 2. The summed E-state index contributed by atoms with van der Waals surface area (Å²) in [6.45, 7) is 4.66. The highest BCUT2D eigenvalue weighted by atomic mass is 35.5. The van der Waals surface area contributed by atoms with Gasteiger partial charge in [-0.3, -0.25) is 9.59 Å².